The molecule has 2 nitrogen and oxygen atoms in total. The molecular weight excluding hydrogens is 277 g/mol. The molecule has 1 aromatic heterocycles. The third kappa shape index (κ3) is 1.88. The monoisotopic (exact) mass is 280 g/mol. The van der Waals surface area contributed by atoms with E-state index in [0.717, 1.165) is 0 Å². The standard InChI is InChI=1S/C7H3F2IN2/c8-7(9)5-2-1-4(10)6(3-11)12-5/h1-2,7H. The third-order valence-electron chi connectivity index (χ3n) is 1.20. The van der Waals surface area contributed by atoms with Crippen molar-refractivity contribution in [2.75, 3.05) is 0 Å². The van der Waals surface area contributed by atoms with Gasteiger partial charge < -0.3 is 0 Å². The molecule has 1 heterocycles. The fourth-order valence-corrected chi connectivity index (χ4v) is 1.08. The highest BCUT2D eigenvalue weighted by Gasteiger charge is 2.10. The molecule has 0 saturated carbocycles. The normalized spacial score (nSPS) is 9.92. The lowest BCUT2D eigenvalue weighted by molar-refractivity contribution is 0.146. The molecule has 0 bridgehead atoms. The number of nitriles is 1. The molecule has 0 saturated heterocycles. The van der Waals surface area contributed by atoms with Gasteiger partial charge in [-0.1, -0.05) is 0 Å². The average molecular weight is 280 g/mol. The molecule has 0 fully saturated rings. The topological polar surface area (TPSA) is 36.7 Å². The smallest absolute Gasteiger partial charge is 0.235 e. The summed E-state index contributed by atoms with van der Waals surface area (Å²) in [5.74, 6) is 0. The van der Waals surface area contributed by atoms with Crippen LogP contribution in [0.1, 0.15) is 17.8 Å². The number of pyridine rings is 1. The van der Waals surface area contributed by atoms with E-state index in [1.165, 1.54) is 12.1 Å². The minimum absolute atomic E-state index is 0.0494. The van der Waals surface area contributed by atoms with E-state index in [2.05, 4.69) is 4.98 Å². The second-order valence-corrected chi connectivity index (χ2v) is 3.14. The minimum Gasteiger partial charge on any atom is -0.235 e. The van der Waals surface area contributed by atoms with E-state index in [9.17, 15) is 8.78 Å². The van der Waals surface area contributed by atoms with Crippen LogP contribution in [0.2, 0.25) is 0 Å². The van der Waals surface area contributed by atoms with E-state index >= 15 is 0 Å². The first kappa shape index (κ1) is 9.32. The van der Waals surface area contributed by atoms with E-state index < -0.39 is 6.43 Å². The van der Waals surface area contributed by atoms with E-state index in [1.54, 1.807) is 6.07 Å². The van der Waals surface area contributed by atoms with Gasteiger partial charge in [0.2, 0.25) is 0 Å². The van der Waals surface area contributed by atoms with Crippen molar-refractivity contribution in [3.8, 4) is 6.07 Å². The van der Waals surface area contributed by atoms with Crippen LogP contribution in [0, 0.1) is 14.9 Å². The van der Waals surface area contributed by atoms with Gasteiger partial charge in [0.25, 0.3) is 6.43 Å². The molecule has 0 radical (unpaired) electrons. The number of alkyl halides is 2. The summed E-state index contributed by atoms with van der Waals surface area (Å²) in [4.78, 5) is 3.47. The minimum atomic E-state index is -2.62. The van der Waals surface area contributed by atoms with Crippen molar-refractivity contribution in [2.45, 2.75) is 6.43 Å². The summed E-state index contributed by atoms with van der Waals surface area (Å²) in [6, 6.07) is 4.41. The lowest BCUT2D eigenvalue weighted by Gasteiger charge is -1.99. The third-order valence-corrected chi connectivity index (χ3v) is 2.07. The molecule has 62 valence electrons. The molecule has 1 aromatic rings. The highest BCUT2D eigenvalue weighted by molar-refractivity contribution is 14.1. The van der Waals surface area contributed by atoms with Crippen LogP contribution >= 0.6 is 22.6 Å². The Labute approximate surface area is 81.4 Å². The lowest BCUT2D eigenvalue weighted by atomic mass is 10.3. The fourth-order valence-electron chi connectivity index (χ4n) is 0.657. The Hall–Kier alpha value is -0.770. The Morgan fingerprint density at radius 3 is 2.67 bits per heavy atom. The predicted octanol–water partition coefficient (Wildman–Crippen LogP) is 2.50. The zero-order chi connectivity index (χ0) is 9.14. The summed E-state index contributed by atoms with van der Waals surface area (Å²) in [6.07, 6.45) is -2.62. The summed E-state index contributed by atoms with van der Waals surface area (Å²) < 4.78 is 24.7. The molecule has 5 heteroatoms. The summed E-state index contributed by atoms with van der Waals surface area (Å²) in [7, 11) is 0. The van der Waals surface area contributed by atoms with Gasteiger partial charge in [-0.3, -0.25) is 0 Å². The predicted molar refractivity (Wildman–Crippen MR) is 46.6 cm³/mol. The molecule has 0 atom stereocenters. The zero-order valence-corrected chi connectivity index (χ0v) is 7.92. The molecule has 0 aliphatic rings. The van der Waals surface area contributed by atoms with E-state index in [4.69, 9.17) is 5.26 Å². The van der Waals surface area contributed by atoms with Gasteiger partial charge in [-0.15, -0.1) is 0 Å². The maximum Gasteiger partial charge on any atom is 0.280 e. The van der Waals surface area contributed by atoms with Crippen LogP contribution in [0.25, 0.3) is 0 Å². The van der Waals surface area contributed by atoms with Crippen molar-refractivity contribution in [3.63, 3.8) is 0 Å². The Kier molecular flexibility index (Phi) is 2.92. The molecule has 1 rings (SSSR count). The number of nitrogens with zero attached hydrogens (tertiary/aromatic N) is 2. The first-order valence-corrected chi connectivity index (χ1v) is 4.07. The first-order valence-electron chi connectivity index (χ1n) is 3.00. The van der Waals surface area contributed by atoms with Gasteiger partial charge in [0.15, 0.2) is 5.69 Å². The Bertz CT molecular complexity index is 333. The van der Waals surface area contributed by atoms with Crippen LogP contribution in [-0.4, -0.2) is 4.98 Å². The van der Waals surface area contributed by atoms with Crippen molar-refractivity contribution in [1.82, 2.24) is 4.98 Å². The molecule has 0 aliphatic heterocycles. The van der Waals surface area contributed by atoms with E-state index in [-0.39, 0.29) is 11.4 Å². The van der Waals surface area contributed by atoms with E-state index in [0.29, 0.717) is 3.57 Å². The van der Waals surface area contributed by atoms with Crippen molar-refractivity contribution in [1.29, 1.82) is 5.26 Å². The number of hydrogen-bond acceptors (Lipinski definition) is 2. The molecule has 0 aliphatic carbocycles. The number of hydrogen-bond donors (Lipinski definition) is 0. The van der Waals surface area contributed by atoms with Crippen LogP contribution in [0.15, 0.2) is 12.1 Å². The Balaban J connectivity index is 3.16. The quantitative estimate of drug-likeness (QED) is 0.741. The molecular formula is C7H3F2IN2. The van der Waals surface area contributed by atoms with Crippen molar-refractivity contribution >= 4 is 22.6 Å². The molecule has 12 heavy (non-hydrogen) atoms. The lowest BCUT2D eigenvalue weighted by Crippen LogP contribution is -1.94. The molecule has 0 N–H and O–H groups in total. The van der Waals surface area contributed by atoms with Crippen molar-refractivity contribution in [2.24, 2.45) is 0 Å². The second kappa shape index (κ2) is 3.76. The van der Waals surface area contributed by atoms with Crippen LogP contribution in [0.5, 0.6) is 0 Å². The number of rotatable bonds is 1. The van der Waals surface area contributed by atoms with Crippen molar-refractivity contribution < 1.29 is 8.78 Å². The van der Waals surface area contributed by atoms with Gasteiger partial charge in [0.1, 0.15) is 11.8 Å². The molecule has 0 amide bonds. The van der Waals surface area contributed by atoms with Crippen LogP contribution in [0.3, 0.4) is 0 Å². The summed E-state index contributed by atoms with van der Waals surface area (Å²) in [5.41, 5.74) is -0.305. The Morgan fingerprint density at radius 2 is 2.17 bits per heavy atom. The van der Waals surface area contributed by atoms with Crippen LogP contribution < -0.4 is 0 Å². The molecule has 0 spiro atoms. The Morgan fingerprint density at radius 1 is 1.50 bits per heavy atom. The van der Waals surface area contributed by atoms with Gasteiger partial charge in [0.05, 0.1) is 0 Å². The van der Waals surface area contributed by atoms with Gasteiger partial charge >= 0.3 is 0 Å². The maximum absolute atomic E-state index is 12.0. The largest absolute Gasteiger partial charge is 0.280 e. The SMILES string of the molecule is N#Cc1nc(C(F)F)ccc1I. The van der Waals surface area contributed by atoms with Gasteiger partial charge in [-0.2, -0.15) is 5.26 Å². The molecule has 0 unspecified atom stereocenters. The average Bonchev–Trinajstić information content (AvgIpc) is 2.05. The number of aromatic nitrogens is 1. The van der Waals surface area contributed by atoms with Crippen LogP contribution in [-0.2, 0) is 0 Å². The zero-order valence-electron chi connectivity index (χ0n) is 5.76. The summed E-state index contributed by atoms with van der Waals surface area (Å²) in [6.45, 7) is 0. The second-order valence-electron chi connectivity index (χ2n) is 1.98. The van der Waals surface area contributed by atoms with Crippen LogP contribution in [0.4, 0.5) is 8.78 Å². The van der Waals surface area contributed by atoms with Gasteiger partial charge in [0, 0.05) is 3.57 Å². The maximum atomic E-state index is 12.0. The molecule has 0 aromatic carbocycles. The van der Waals surface area contributed by atoms with Crippen molar-refractivity contribution in [3.05, 3.63) is 27.1 Å². The highest BCUT2D eigenvalue weighted by Crippen LogP contribution is 2.18. The fraction of sp³-hybridized carbons (Fsp3) is 0.143. The van der Waals surface area contributed by atoms with E-state index in [1.807, 2.05) is 22.6 Å². The summed E-state index contributed by atoms with van der Waals surface area (Å²) >= 11 is 1.87. The summed E-state index contributed by atoms with van der Waals surface area (Å²) in [5, 5.41) is 8.46. The first-order chi connectivity index (χ1) is 5.65. The highest BCUT2D eigenvalue weighted by atomic mass is 127. The number of halogens is 3. The van der Waals surface area contributed by atoms with Gasteiger partial charge in [-0.05, 0) is 34.7 Å². The van der Waals surface area contributed by atoms with Gasteiger partial charge in [-0.25, -0.2) is 13.8 Å².